The molecule has 0 amide bonds. The predicted octanol–water partition coefficient (Wildman–Crippen LogP) is 2.08. The van der Waals surface area contributed by atoms with Crippen LogP contribution in [-0.4, -0.2) is 71.5 Å². The molecule has 0 saturated carbocycles. The molecular formula is C13H26BaO4. The van der Waals surface area contributed by atoms with Gasteiger partial charge in [0.2, 0.25) is 0 Å². The van der Waals surface area contributed by atoms with Crippen LogP contribution in [0.2, 0.25) is 0 Å². The second-order valence-electron chi connectivity index (χ2n) is 5.63. The van der Waals surface area contributed by atoms with Crippen molar-refractivity contribution in [1.29, 1.82) is 0 Å². The molecule has 0 bridgehead atoms. The fourth-order valence-electron chi connectivity index (χ4n) is 1.50. The molecule has 0 rings (SSSR count). The van der Waals surface area contributed by atoms with Gasteiger partial charge in [-0.3, -0.25) is 9.59 Å². The Hall–Kier alpha value is 0.511. The van der Waals surface area contributed by atoms with Crippen LogP contribution in [0.5, 0.6) is 0 Å². The molecule has 0 aromatic carbocycles. The third-order valence-electron chi connectivity index (χ3n) is 3.23. The Balaban J connectivity index is 0. The van der Waals surface area contributed by atoms with Gasteiger partial charge in [0.05, 0.1) is 0 Å². The van der Waals surface area contributed by atoms with E-state index in [1.807, 2.05) is 27.7 Å². The normalized spacial score (nSPS) is 14.3. The number of carboxylic acid groups (broad SMARTS) is 1. The van der Waals surface area contributed by atoms with Crippen LogP contribution in [-0.2, 0) is 14.3 Å². The molecule has 1 N–H and O–H groups in total. The molecule has 104 valence electrons. The molecule has 0 aliphatic rings. The van der Waals surface area contributed by atoms with Crippen molar-refractivity contribution in [3.8, 4) is 0 Å². The number of ether oxygens (including phenoxy) is 1. The monoisotopic (exact) mass is 384 g/mol. The van der Waals surface area contributed by atoms with Crippen molar-refractivity contribution in [1.82, 2.24) is 0 Å². The SMILES string of the molecule is CCCCC(C)(OC(=O)CC(=O)O)C(C)(C)C.[BaH2]. The number of carbonyl (C=O) groups excluding carboxylic acids is 1. The van der Waals surface area contributed by atoms with Crippen LogP contribution in [0.4, 0.5) is 0 Å². The Bertz CT molecular complexity index is 283. The molecule has 0 spiro atoms. The van der Waals surface area contributed by atoms with Gasteiger partial charge in [0, 0.05) is 5.41 Å². The van der Waals surface area contributed by atoms with E-state index in [1.54, 1.807) is 0 Å². The molecule has 0 aromatic rings. The Kier molecular flexibility index (Phi) is 9.99. The summed E-state index contributed by atoms with van der Waals surface area (Å²) < 4.78 is 5.40. The van der Waals surface area contributed by atoms with Gasteiger partial charge in [-0.05, 0) is 19.8 Å². The van der Waals surface area contributed by atoms with Crippen LogP contribution >= 0.6 is 0 Å². The number of aliphatic carboxylic acids is 1. The summed E-state index contributed by atoms with van der Waals surface area (Å²) in [5.74, 6) is -1.81. The minimum atomic E-state index is -1.15. The van der Waals surface area contributed by atoms with Crippen LogP contribution < -0.4 is 0 Å². The Morgan fingerprint density at radius 3 is 2.00 bits per heavy atom. The van der Waals surface area contributed by atoms with E-state index in [2.05, 4.69) is 6.92 Å². The van der Waals surface area contributed by atoms with Crippen molar-refractivity contribution < 1.29 is 19.4 Å². The summed E-state index contributed by atoms with van der Waals surface area (Å²) in [7, 11) is 0. The fourth-order valence-corrected chi connectivity index (χ4v) is 1.50. The summed E-state index contributed by atoms with van der Waals surface area (Å²) in [6.07, 6.45) is 2.15. The minimum absolute atomic E-state index is 0. The standard InChI is InChI=1S/C13H24O4.Ba.2H/c1-6-7-8-13(5,12(2,3)4)17-11(16)9-10(14)15;;;/h6-9H2,1-5H3,(H,14,15);;;. The summed E-state index contributed by atoms with van der Waals surface area (Å²) >= 11 is 0. The van der Waals surface area contributed by atoms with Gasteiger partial charge in [0.15, 0.2) is 0 Å². The van der Waals surface area contributed by atoms with Crippen molar-refractivity contribution in [2.45, 2.75) is 65.9 Å². The van der Waals surface area contributed by atoms with E-state index in [0.717, 1.165) is 19.3 Å². The molecule has 18 heavy (non-hydrogen) atoms. The van der Waals surface area contributed by atoms with E-state index in [1.165, 1.54) is 0 Å². The van der Waals surface area contributed by atoms with Crippen LogP contribution in [0.15, 0.2) is 0 Å². The first-order chi connectivity index (χ1) is 7.62. The van der Waals surface area contributed by atoms with E-state index >= 15 is 0 Å². The molecule has 0 aliphatic carbocycles. The quantitative estimate of drug-likeness (QED) is 0.433. The number of unbranched alkanes of at least 4 members (excludes halogenated alkanes) is 1. The molecule has 5 heteroatoms. The second-order valence-corrected chi connectivity index (χ2v) is 5.63. The van der Waals surface area contributed by atoms with Gasteiger partial charge in [-0.25, -0.2) is 0 Å². The first kappa shape index (κ1) is 20.8. The fraction of sp³-hybridized carbons (Fsp3) is 0.846. The average molecular weight is 384 g/mol. The topological polar surface area (TPSA) is 63.6 Å². The summed E-state index contributed by atoms with van der Waals surface area (Å²) in [4.78, 5) is 21.9. The zero-order valence-corrected chi connectivity index (χ0v) is 11.5. The molecule has 0 aliphatic heterocycles. The number of hydrogen-bond donors (Lipinski definition) is 1. The van der Waals surface area contributed by atoms with Crippen LogP contribution in [0, 0.1) is 5.41 Å². The van der Waals surface area contributed by atoms with Gasteiger partial charge in [0.25, 0.3) is 0 Å². The average Bonchev–Trinajstić information content (AvgIpc) is 2.11. The van der Waals surface area contributed by atoms with Crippen molar-refractivity contribution in [2.75, 3.05) is 0 Å². The van der Waals surface area contributed by atoms with E-state index in [0.29, 0.717) is 0 Å². The van der Waals surface area contributed by atoms with Gasteiger partial charge in [-0.1, -0.05) is 34.1 Å². The number of hydrogen-bond acceptors (Lipinski definition) is 3. The molecule has 1 atom stereocenters. The Morgan fingerprint density at radius 2 is 1.67 bits per heavy atom. The zero-order chi connectivity index (χ0) is 13.7. The van der Waals surface area contributed by atoms with Gasteiger partial charge < -0.3 is 9.84 Å². The first-order valence-corrected chi connectivity index (χ1v) is 6.06. The zero-order valence-electron chi connectivity index (χ0n) is 11.5. The molecule has 1 unspecified atom stereocenters. The van der Waals surface area contributed by atoms with Crippen LogP contribution in [0.3, 0.4) is 0 Å². The van der Waals surface area contributed by atoms with Crippen molar-refractivity contribution in [2.24, 2.45) is 5.41 Å². The number of esters is 1. The number of carbonyl (C=O) groups is 2. The van der Waals surface area contributed by atoms with Gasteiger partial charge in [-0.2, -0.15) is 0 Å². The van der Waals surface area contributed by atoms with E-state index < -0.39 is 24.0 Å². The third kappa shape index (κ3) is 7.19. The van der Waals surface area contributed by atoms with E-state index in [-0.39, 0.29) is 54.3 Å². The van der Waals surface area contributed by atoms with Crippen molar-refractivity contribution in [3.63, 3.8) is 0 Å². The maximum atomic E-state index is 11.5. The molecule has 4 nitrogen and oxygen atoms in total. The van der Waals surface area contributed by atoms with Crippen LogP contribution in [0.25, 0.3) is 0 Å². The van der Waals surface area contributed by atoms with Gasteiger partial charge >= 0.3 is 60.8 Å². The summed E-state index contributed by atoms with van der Waals surface area (Å²) in [6.45, 7) is 9.94. The van der Waals surface area contributed by atoms with Crippen LogP contribution in [0.1, 0.15) is 60.3 Å². The van der Waals surface area contributed by atoms with Crippen molar-refractivity contribution in [3.05, 3.63) is 0 Å². The predicted molar refractivity (Wildman–Crippen MR) is 74.3 cm³/mol. The summed E-state index contributed by atoms with van der Waals surface area (Å²) in [6, 6.07) is 0. The Labute approximate surface area is 150 Å². The molecule has 0 aromatic heterocycles. The molecular weight excluding hydrogens is 357 g/mol. The van der Waals surface area contributed by atoms with Crippen molar-refractivity contribution >= 4 is 60.8 Å². The first-order valence-electron chi connectivity index (χ1n) is 6.06. The summed E-state index contributed by atoms with van der Waals surface area (Å²) in [5, 5.41) is 8.56. The number of carboxylic acids is 1. The van der Waals surface area contributed by atoms with E-state index in [9.17, 15) is 9.59 Å². The maximum absolute atomic E-state index is 11.5. The van der Waals surface area contributed by atoms with E-state index in [4.69, 9.17) is 9.84 Å². The second kappa shape index (κ2) is 8.64. The summed E-state index contributed by atoms with van der Waals surface area (Å²) in [5.41, 5.74) is -0.828. The third-order valence-corrected chi connectivity index (χ3v) is 3.23. The molecule has 0 fully saturated rings. The molecule has 0 heterocycles. The number of rotatable bonds is 6. The Morgan fingerprint density at radius 1 is 1.17 bits per heavy atom. The molecule has 0 radical (unpaired) electrons. The van der Waals surface area contributed by atoms with Gasteiger partial charge in [0.1, 0.15) is 12.0 Å². The van der Waals surface area contributed by atoms with Gasteiger partial charge in [-0.15, -0.1) is 0 Å². The molecule has 0 saturated heterocycles.